The van der Waals surface area contributed by atoms with Crippen molar-refractivity contribution in [1.82, 2.24) is 5.32 Å². The van der Waals surface area contributed by atoms with Gasteiger partial charge >= 0.3 is 5.69 Å². The highest BCUT2D eigenvalue weighted by Gasteiger charge is 2.24. The van der Waals surface area contributed by atoms with Gasteiger partial charge in [0.2, 0.25) is 5.82 Å². The Kier molecular flexibility index (Phi) is 3.88. The molecule has 5 nitrogen and oxygen atoms in total. The first-order valence-corrected chi connectivity index (χ1v) is 5.86. The van der Waals surface area contributed by atoms with Crippen LogP contribution >= 0.6 is 0 Å². The van der Waals surface area contributed by atoms with Crippen LogP contribution in [0, 0.1) is 15.9 Å². The van der Waals surface area contributed by atoms with E-state index in [2.05, 4.69) is 5.32 Å². The van der Waals surface area contributed by atoms with E-state index in [0.29, 0.717) is 12.2 Å². The van der Waals surface area contributed by atoms with E-state index in [0.717, 1.165) is 6.42 Å². The number of hydrogen-bond acceptors (Lipinski definition) is 4. The van der Waals surface area contributed by atoms with Gasteiger partial charge in [-0.2, -0.15) is 4.39 Å². The fraction of sp³-hybridized carbons (Fsp3) is 0.500. The molecule has 0 aliphatic carbocycles. The number of hydrogen-bond donors (Lipinski definition) is 1. The predicted molar refractivity (Wildman–Crippen MR) is 63.7 cm³/mol. The van der Waals surface area contributed by atoms with Gasteiger partial charge in [-0.1, -0.05) is 12.1 Å². The number of halogens is 1. The van der Waals surface area contributed by atoms with Crippen molar-refractivity contribution >= 4 is 5.69 Å². The number of benzene rings is 1. The molecule has 1 aliphatic rings. The SMILES string of the molecule is CC1OCCC1NCc1cccc([N+](=O)[O-])c1F. The van der Waals surface area contributed by atoms with Crippen LogP contribution in [-0.4, -0.2) is 23.7 Å². The highest BCUT2D eigenvalue weighted by atomic mass is 19.1. The van der Waals surface area contributed by atoms with Gasteiger partial charge in [0.25, 0.3) is 0 Å². The van der Waals surface area contributed by atoms with Crippen LogP contribution < -0.4 is 5.32 Å². The second-order valence-corrected chi connectivity index (χ2v) is 4.36. The number of nitro groups is 1. The van der Waals surface area contributed by atoms with E-state index in [9.17, 15) is 14.5 Å². The minimum Gasteiger partial charge on any atom is -0.377 e. The normalized spacial score (nSPS) is 23.2. The maximum absolute atomic E-state index is 13.8. The monoisotopic (exact) mass is 254 g/mol. The van der Waals surface area contributed by atoms with E-state index in [4.69, 9.17) is 4.74 Å². The number of nitrogens with zero attached hydrogens (tertiary/aromatic N) is 1. The smallest absolute Gasteiger partial charge is 0.305 e. The second kappa shape index (κ2) is 5.41. The van der Waals surface area contributed by atoms with Crippen molar-refractivity contribution in [2.24, 2.45) is 0 Å². The van der Waals surface area contributed by atoms with Crippen LogP contribution in [0.2, 0.25) is 0 Å². The van der Waals surface area contributed by atoms with Crippen molar-refractivity contribution in [1.29, 1.82) is 0 Å². The summed E-state index contributed by atoms with van der Waals surface area (Å²) in [7, 11) is 0. The fourth-order valence-corrected chi connectivity index (χ4v) is 2.08. The zero-order valence-corrected chi connectivity index (χ0v) is 10.1. The van der Waals surface area contributed by atoms with Gasteiger partial charge in [-0.15, -0.1) is 0 Å². The summed E-state index contributed by atoms with van der Waals surface area (Å²) in [5.41, 5.74) is -0.173. The third kappa shape index (κ3) is 2.65. The molecule has 2 atom stereocenters. The zero-order valence-electron chi connectivity index (χ0n) is 10.1. The average Bonchev–Trinajstić information content (AvgIpc) is 2.73. The van der Waals surface area contributed by atoms with Crippen molar-refractivity contribution in [2.45, 2.75) is 32.0 Å². The lowest BCUT2D eigenvalue weighted by molar-refractivity contribution is -0.387. The number of nitrogens with one attached hydrogen (secondary N) is 1. The Hall–Kier alpha value is -1.53. The summed E-state index contributed by atoms with van der Waals surface area (Å²) in [5, 5.41) is 13.8. The molecule has 1 aromatic carbocycles. The molecule has 6 heteroatoms. The molecule has 1 N–H and O–H groups in total. The van der Waals surface area contributed by atoms with Gasteiger partial charge in [0.1, 0.15) is 0 Å². The van der Waals surface area contributed by atoms with E-state index < -0.39 is 16.4 Å². The molecule has 0 saturated carbocycles. The quantitative estimate of drug-likeness (QED) is 0.659. The molecule has 1 fully saturated rings. The van der Waals surface area contributed by atoms with Crippen LogP contribution in [0.5, 0.6) is 0 Å². The lowest BCUT2D eigenvalue weighted by Crippen LogP contribution is -2.34. The van der Waals surface area contributed by atoms with Gasteiger partial charge in [-0.3, -0.25) is 10.1 Å². The molecule has 1 aliphatic heterocycles. The Labute approximate surface area is 104 Å². The lowest BCUT2D eigenvalue weighted by Gasteiger charge is -2.16. The molecule has 0 amide bonds. The molecule has 1 saturated heterocycles. The maximum atomic E-state index is 13.8. The predicted octanol–water partition coefficient (Wildman–Crippen LogP) is 2.00. The van der Waals surface area contributed by atoms with Crippen LogP contribution in [0.3, 0.4) is 0 Å². The van der Waals surface area contributed by atoms with Gasteiger partial charge in [-0.25, -0.2) is 0 Å². The van der Waals surface area contributed by atoms with Crippen LogP contribution in [0.1, 0.15) is 18.9 Å². The second-order valence-electron chi connectivity index (χ2n) is 4.36. The maximum Gasteiger partial charge on any atom is 0.305 e. The van der Waals surface area contributed by atoms with Crippen LogP contribution in [0.15, 0.2) is 18.2 Å². The van der Waals surface area contributed by atoms with Crippen molar-refractivity contribution in [2.75, 3.05) is 6.61 Å². The third-order valence-corrected chi connectivity index (χ3v) is 3.19. The minimum absolute atomic E-state index is 0.0896. The molecular formula is C12H15FN2O3. The summed E-state index contributed by atoms with van der Waals surface area (Å²) in [6.07, 6.45) is 0.962. The van der Waals surface area contributed by atoms with E-state index in [1.54, 1.807) is 6.07 Å². The molecule has 0 spiro atoms. The van der Waals surface area contributed by atoms with E-state index >= 15 is 0 Å². The van der Waals surface area contributed by atoms with Gasteiger partial charge in [0, 0.05) is 30.8 Å². The fourth-order valence-electron chi connectivity index (χ4n) is 2.08. The number of rotatable bonds is 4. The van der Waals surface area contributed by atoms with Crippen LogP contribution in [0.4, 0.5) is 10.1 Å². The molecule has 0 radical (unpaired) electrons. The van der Waals surface area contributed by atoms with Crippen molar-refractivity contribution in [3.05, 3.63) is 39.7 Å². The van der Waals surface area contributed by atoms with Gasteiger partial charge in [0.05, 0.1) is 11.0 Å². The van der Waals surface area contributed by atoms with Crippen molar-refractivity contribution < 1.29 is 14.1 Å². The summed E-state index contributed by atoms with van der Waals surface area (Å²) in [6, 6.07) is 4.38. The zero-order chi connectivity index (χ0) is 13.1. The Bertz CT molecular complexity index is 453. The molecule has 18 heavy (non-hydrogen) atoms. The third-order valence-electron chi connectivity index (χ3n) is 3.19. The molecule has 98 valence electrons. The van der Waals surface area contributed by atoms with Gasteiger partial charge in [-0.05, 0) is 13.3 Å². The molecular weight excluding hydrogens is 239 g/mol. The highest BCUT2D eigenvalue weighted by molar-refractivity contribution is 5.36. The van der Waals surface area contributed by atoms with Crippen molar-refractivity contribution in [3.63, 3.8) is 0 Å². The van der Waals surface area contributed by atoms with Gasteiger partial charge in [0.15, 0.2) is 0 Å². The average molecular weight is 254 g/mol. The molecule has 0 bridgehead atoms. The first-order valence-electron chi connectivity index (χ1n) is 5.86. The largest absolute Gasteiger partial charge is 0.377 e. The summed E-state index contributed by atoms with van der Waals surface area (Å²) in [4.78, 5) is 9.90. The Morgan fingerprint density at radius 1 is 1.61 bits per heavy atom. The molecule has 1 heterocycles. The van der Waals surface area contributed by atoms with E-state index in [1.165, 1.54) is 12.1 Å². The summed E-state index contributed by atoms with van der Waals surface area (Å²) in [5.74, 6) is -0.762. The van der Waals surface area contributed by atoms with Crippen molar-refractivity contribution in [3.8, 4) is 0 Å². The van der Waals surface area contributed by atoms with Crippen LogP contribution in [-0.2, 0) is 11.3 Å². The summed E-state index contributed by atoms with van der Waals surface area (Å²) < 4.78 is 19.2. The molecule has 2 rings (SSSR count). The summed E-state index contributed by atoms with van der Waals surface area (Å²) in [6.45, 7) is 2.91. The van der Waals surface area contributed by atoms with E-state index in [1.807, 2.05) is 6.92 Å². The first kappa shape index (κ1) is 12.9. The number of nitro benzene ring substituents is 1. The standard InChI is InChI=1S/C12H15FN2O3/c1-8-10(5-6-18-8)14-7-9-3-2-4-11(12(9)13)15(16)17/h2-4,8,10,14H,5-7H2,1H3. The van der Waals surface area contributed by atoms with Gasteiger partial charge < -0.3 is 10.1 Å². The van der Waals surface area contributed by atoms with Crippen LogP contribution in [0.25, 0.3) is 0 Å². The molecule has 1 aromatic rings. The number of ether oxygens (including phenoxy) is 1. The Morgan fingerprint density at radius 3 is 3.00 bits per heavy atom. The highest BCUT2D eigenvalue weighted by Crippen LogP contribution is 2.21. The topological polar surface area (TPSA) is 64.4 Å². The molecule has 2 unspecified atom stereocenters. The summed E-state index contributed by atoms with van der Waals surface area (Å²) >= 11 is 0. The van der Waals surface area contributed by atoms with E-state index in [-0.39, 0.29) is 18.7 Å². The lowest BCUT2D eigenvalue weighted by atomic mass is 10.1. The Morgan fingerprint density at radius 2 is 2.39 bits per heavy atom. The Balaban J connectivity index is 2.05. The minimum atomic E-state index is -0.762. The first-order chi connectivity index (χ1) is 8.59. The molecule has 0 aromatic heterocycles.